The Morgan fingerprint density at radius 1 is 1.30 bits per heavy atom. The lowest BCUT2D eigenvalue weighted by Gasteiger charge is -2.34. The summed E-state index contributed by atoms with van der Waals surface area (Å²) in [4.78, 5) is 14.6. The third kappa shape index (κ3) is 5.66. The first kappa shape index (κ1) is 17.2. The smallest absolute Gasteiger partial charge is 0.225 e. The van der Waals surface area contributed by atoms with Crippen LogP contribution in [0.3, 0.4) is 0 Å². The zero-order chi connectivity index (χ0) is 14.8. The summed E-state index contributed by atoms with van der Waals surface area (Å²) >= 11 is 0. The molecule has 1 saturated heterocycles. The van der Waals surface area contributed by atoms with Crippen LogP contribution in [0.15, 0.2) is 12.7 Å². The Hall–Kier alpha value is -0.830. The van der Waals surface area contributed by atoms with Gasteiger partial charge in [-0.05, 0) is 31.6 Å². The van der Waals surface area contributed by atoms with Crippen molar-refractivity contribution in [2.24, 2.45) is 11.8 Å². The fourth-order valence-electron chi connectivity index (χ4n) is 2.98. The maximum atomic E-state index is 12.5. The van der Waals surface area contributed by atoms with Gasteiger partial charge in [0, 0.05) is 25.6 Å². The van der Waals surface area contributed by atoms with Gasteiger partial charge in [0.2, 0.25) is 5.91 Å². The van der Waals surface area contributed by atoms with Crippen LogP contribution in [0.5, 0.6) is 0 Å². The molecule has 3 heteroatoms. The van der Waals surface area contributed by atoms with Gasteiger partial charge < -0.3 is 9.64 Å². The van der Waals surface area contributed by atoms with Crippen LogP contribution in [0.4, 0.5) is 0 Å². The summed E-state index contributed by atoms with van der Waals surface area (Å²) in [6, 6.07) is 0. The van der Waals surface area contributed by atoms with Gasteiger partial charge in [0.15, 0.2) is 0 Å². The molecule has 1 fully saturated rings. The number of ether oxygens (including phenoxy) is 1. The second-order valence-corrected chi connectivity index (χ2v) is 5.87. The molecule has 1 rings (SSSR count). The highest BCUT2D eigenvalue weighted by Gasteiger charge is 2.27. The number of likely N-dealkylation sites (tertiary alicyclic amines) is 1. The van der Waals surface area contributed by atoms with Crippen molar-refractivity contribution in [1.82, 2.24) is 4.90 Å². The van der Waals surface area contributed by atoms with E-state index in [0.29, 0.717) is 18.4 Å². The monoisotopic (exact) mass is 281 g/mol. The van der Waals surface area contributed by atoms with Crippen molar-refractivity contribution in [3.63, 3.8) is 0 Å². The fourth-order valence-corrected chi connectivity index (χ4v) is 2.98. The molecule has 3 nitrogen and oxygen atoms in total. The number of carbonyl (C=O) groups excluding carboxylic acids is 1. The highest BCUT2D eigenvalue weighted by atomic mass is 16.5. The molecule has 1 aliphatic rings. The number of hydrogen-bond acceptors (Lipinski definition) is 2. The summed E-state index contributed by atoms with van der Waals surface area (Å²) < 4.78 is 5.52. The highest BCUT2D eigenvalue weighted by Crippen LogP contribution is 2.22. The Bertz CT molecular complexity index is 277. The van der Waals surface area contributed by atoms with Crippen LogP contribution in [-0.2, 0) is 9.53 Å². The fraction of sp³-hybridized carbons (Fsp3) is 0.824. The van der Waals surface area contributed by atoms with E-state index < -0.39 is 0 Å². The summed E-state index contributed by atoms with van der Waals surface area (Å²) in [5.74, 6) is 1.24. The van der Waals surface area contributed by atoms with Crippen LogP contribution in [0.2, 0.25) is 0 Å². The summed E-state index contributed by atoms with van der Waals surface area (Å²) in [7, 11) is 0. The van der Waals surface area contributed by atoms with E-state index in [4.69, 9.17) is 4.74 Å². The molecule has 0 saturated carbocycles. The summed E-state index contributed by atoms with van der Waals surface area (Å²) in [5, 5.41) is 0. The Kier molecular flexibility index (Phi) is 8.59. The second-order valence-electron chi connectivity index (χ2n) is 5.87. The van der Waals surface area contributed by atoms with Gasteiger partial charge in [0.1, 0.15) is 0 Å². The molecule has 0 radical (unpaired) electrons. The molecule has 0 aromatic rings. The maximum Gasteiger partial charge on any atom is 0.225 e. The van der Waals surface area contributed by atoms with Crippen molar-refractivity contribution < 1.29 is 9.53 Å². The number of nitrogens with zero attached hydrogens (tertiary/aromatic N) is 1. The van der Waals surface area contributed by atoms with E-state index >= 15 is 0 Å². The zero-order valence-corrected chi connectivity index (χ0v) is 13.3. The molecule has 20 heavy (non-hydrogen) atoms. The van der Waals surface area contributed by atoms with Gasteiger partial charge in [-0.1, -0.05) is 32.8 Å². The number of hydrogen-bond donors (Lipinski definition) is 0. The van der Waals surface area contributed by atoms with E-state index in [0.717, 1.165) is 58.2 Å². The lowest BCUT2D eigenvalue weighted by molar-refractivity contribution is -0.137. The first-order valence-electron chi connectivity index (χ1n) is 8.20. The molecule has 0 aromatic carbocycles. The molecule has 0 unspecified atom stereocenters. The standard InChI is InChI=1S/C17H31NO2/c1-4-7-16(8-5-2)17(19)18-11-9-15(10-12-18)14-20-13-6-3/h6,15-16H,3-5,7-14H2,1-2H3. The Labute approximate surface area is 124 Å². The molecule has 1 aliphatic heterocycles. The number of carbonyl (C=O) groups is 1. The summed E-state index contributed by atoms with van der Waals surface area (Å²) in [5.41, 5.74) is 0. The van der Waals surface area contributed by atoms with Gasteiger partial charge in [-0.3, -0.25) is 4.79 Å². The van der Waals surface area contributed by atoms with Crippen molar-refractivity contribution in [3.05, 3.63) is 12.7 Å². The molecule has 0 aromatic heterocycles. The molecule has 1 heterocycles. The molecule has 116 valence electrons. The van der Waals surface area contributed by atoms with Crippen LogP contribution in [0.1, 0.15) is 52.4 Å². The van der Waals surface area contributed by atoms with Crippen LogP contribution >= 0.6 is 0 Å². The SMILES string of the molecule is C=CCOCC1CCN(C(=O)C(CCC)CCC)CC1. The van der Waals surface area contributed by atoms with Gasteiger partial charge in [0.25, 0.3) is 0 Å². The molecule has 0 bridgehead atoms. The molecule has 0 spiro atoms. The van der Waals surface area contributed by atoms with Gasteiger partial charge in [0.05, 0.1) is 6.61 Å². The number of piperidine rings is 1. The van der Waals surface area contributed by atoms with Crippen LogP contribution in [0, 0.1) is 11.8 Å². The second kappa shape index (κ2) is 9.98. The maximum absolute atomic E-state index is 12.5. The van der Waals surface area contributed by atoms with E-state index in [2.05, 4.69) is 25.3 Å². The van der Waals surface area contributed by atoms with Crippen molar-refractivity contribution in [1.29, 1.82) is 0 Å². The highest BCUT2D eigenvalue weighted by molar-refractivity contribution is 5.78. The summed E-state index contributed by atoms with van der Waals surface area (Å²) in [6.07, 6.45) is 8.22. The molecule has 0 aliphatic carbocycles. The zero-order valence-electron chi connectivity index (χ0n) is 13.3. The van der Waals surface area contributed by atoms with Crippen LogP contribution in [0.25, 0.3) is 0 Å². The minimum Gasteiger partial charge on any atom is -0.377 e. The largest absolute Gasteiger partial charge is 0.377 e. The normalized spacial score (nSPS) is 16.6. The topological polar surface area (TPSA) is 29.5 Å². The van der Waals surface area contributed by atoms with Crippen molar-refractivity contribution >= 4 is 5.91 Å². The van der Waals surface area contributed by atoms with E-state index in [1.807, 2.05) is 0 Å². The predicted molar refractivity (Wildman–Crippen MR) is 83.6 cm³/mol. The molecule has 1 amide bonds. The Morgan fingerprint density at radius 2 is 1.90 bits per heavy atom. The van der Waals surface area contributed by atoms with E-state index in [1.165, 1.54) is 0 Å². The first-order valence-corrected chi connectivity index (χ1v) is 8.20. The average Bonchev–Trinajstić information content (AvgIpc) is 2.47. The number of amides is 1. The van der Waals surface area contributed by atoms with Gasteiger partial charge in [-0.2, -0.15) is 0 Å². The van der Waals surface area contributed by atoms with Crippen LogP contribution < -0.4 is 0 Å². The lowest BCUT2D eigenvalue weighted by Crippen LogP contribution is -2.42. The quantitative estimate of drug-likeness (QED) is 0.477. The molecule has 0 atom stereocenters. The third-order valence-electron chi connectivity index (χ3n) is 4.14. The summed E-state index contributed by atoms with van der Waals surface area (Å²) in [6.45, 7) is 11.2. The molecule has 0 N–H and O–H groups in total. The van der Waals surface area contributed by atoms with Crippen molar-refractivity contribution in [3.8, 4) is 0 Å². The number of rotatable bonds is 9. The molecular formula is C17H31NO2. The Morgan fingerprint density at radius 3 is 2.40 bits per heavy atom. The van der Waals surface area contributed by atoms with Gasteiger partial charge in [-0.25, -0.2) is 0 Å². The minimum absolute atomic E-state index is 0.249. The van der Waals surface area contributed by atoms with E-state index in [1.54, 1.807) is 6.08 Å². The Balaban J connectivity index is 2.35. The molecular weight excluding hydrogens is 250 g/mol. The van der Waals surface area contributed by atoms with Crippen LogP contribution in [-0.4, -0.2) is 37.1 Å². The van der Waals surface area contributed by atoms with E-state index in [-0.39, 0.29) is 5.92 Å². The van der Waals surface area contributed by atoms with Crippen molar-refractivity contribution in [2.75, 3.05) is 26.3 Å². The average molecular weight is 281 g/mol. The van der Waals surface area contributed by atoms with Gasteiger partial charge >= 0.3 is 0 Å². The minimum atomic E-state index is 0.249. The van der Waals surface area contributed by atoms with Crippen molar-refractivity contribution in [2.45, 2.75) is 52.4 Å². The van der Waals surface area contributed by atoms with E-state index in [9.17, 15) is 4.79 Å². The predicted octanol–water partition coefficient (Wildman–Crippen LogP) is 3.64. The van der Waals surface area contributed by atoms with Gasteiger partial charge in [-0.15, -0.1) is 6.58 Å². The first-order chi connectivity index (χ1) is 9.72. The third-order valence-corrected chi connectivity index (χ3v) is 4.14. The lowest BCUT2D eigenvalue weighted by atomic mass is 9.93.